The predicted molar refractivity (Wildman–Crippen MR) is 83.0 cm³/mol. The summed E-state index contributed by atoms with van der Waals surface area (Å²) in [6, 6.07) is 9.01. The summed E-state index contributed by atoms with van der Waals surface area (Å²) in [6.45, 7) is 0. The monoisotopic (exact) mass is 284 g/mol. The highest BCUT2D eigenvalue weighted by Crippen LogP contribution is 2.49. The van der Waals surface area contributed by atoms with Gasteiger partial charge in [0.15, 0.2) is 0 Å². The minimum absolute atomic E-state index is 0.0313. The van der Waals surface area contributed by atoms with Crippen molar-refractivity contribution in [1.82, 2.24) is 5.32 Å². The molecule has 0 aromatic heterocycles. The van der Waals surface area contributed by atoms with Crippen molar-refractivity contribution in [3.8, 4) is 0 Å². The normalized spacial score (nSPS) is 25.0. The Morgan fingerprint density at radius 2 is 2.00 bits per heavy atom. The van der Waals surface area contributed by atoms with E-state index in [1.54, 1.807) is 0 Å². The molecule has 3 nitrogen and oxygen atoms in total. The molecule has 3 aliphatic rings. The van der Waals surface area contributed by atoms with E-state index in [0.29, 0.717) is 6.04 Å². The molecule has 3 N–H and O–H groups in total. The molecule has 0 aliphatic heterocycles. The minimum atomic E-state index is -0.239. The van der Waals surface area contributed by atoms with E-state index in [2.05, 4.69) is 29.6 Å². The van der Waals surface area contributed by atoms with Gasteiger partial charge in [0.2, 0.25) is 5.91 Å². The summed E-state index contributed by atoms with van der Waals surface area (Å²) in [4.78, 5) is 12.6. The highest BCUT2D eigenvalue weighted by molar-refractivity contribution is 5.91. The second-order valence-electron chi connectivity index (χ2n) is 7.42. The standard InChI is InChI=1S/C18H24N2O/c19-17(7-8-17)12-13-3-1-4-14(11-13)18(9-10-18)16(21)20-15-5-2-6-15/h1,3-4,11,15H,2,5-10,12,19H2,(H,20,21). The molecule has 0 heterocycles. The van der Waals surface area contributed by atoms with Crippen molar-refractivity contribution in [1.29, 1.82) is 0 Å². The van der Waals surface area contributed by atoms with Gasteiger partial charge >= 0.3 is 0 Å². The zero-order valence-electron chi connectivity index (χ0n) is 12.5. The van der Waals surface area contributed by atoms with Gasteiger partial charge in [-0.3, -0.25) is 4.79 Å². The fourth-order valence-electron chi connectivity index (χ4n) is 3.37. The molecule has 4 rings (SSSR count). The Labute approximate surface area is 126 Å². The molecule has 0 saturated heterocycles. The summed E-state index contributed by atoms with van der Waals surface area (Å²) < 4.78 is 0. The van der Waals surface area contributed by atoms with Gasteiger partial charge in [-0.1, -0.05) is 24.3 Å². The zero-order valence-corrected chi connectivity index (χ0v) is 12.5. The number of carbonyl (C=O) groups is 1. The van der Waals surface area contributed by atoms with E-state index in [-0.39, 0.29) is 16.9 Å². The van der Waals surface area contributed by atoms with Crippen LogP contribution in [0.15, 0.2) is 24.3 Å². The molecule has 1 aromatic rings. The topological polar surface area (TPSA) is 55.1 Å². The summed E-state index contributed by atoms with van der Waals surface area (Å²) in [6.07, 6.45) is 8.74. The zero-order chi connectivity index (χ0) is 14.5. The molecule has 1 aromatic carbocycles. The molecule has 3 aliphatic carbocycles. The molecule has 3 heteroatoms. The maximum atomic E-state index is 12.6. The smallest absolute Gasteiger partial charge is 0.230 e. The summed E-state index contributed by atoms with van der Waals surface area (Å²) >= 11 is 0. The highest BCUT2D eigenvalue weighted by atomic mass is 16.2. The van der Waals surface area contributed by atoms with Gasteiger partial charge in [-0.25, -0.2) is 0 Å². The molecule has 3 fully saturated rings. The number of hydrogen-bond donors (Lipinski definition) is 2. The van der Waals surface area contributed by atoms with Crippen LogP contribution in [0.2, 0.25) is 0 Å². The summed E-state index contributed by atoms with van der Waals surface area (Å²) in [5, 5.41) is 3.23. The van der Waals surface area contributed by atoms with E-state index in [1.165, 1.54) is 17.5 Å². The molecule has 3 saturated carbocycles. The van der Waals surface area contributed by atoms with Crippen LogP contribution in [-0.2, 0) is 16.6 Å². The van der Waals surface area contributed by atoms with Crippen LogP contribution >= 0.6 is 0 Å². The van der Waals surface area contributed by atoms with Crippen LogP contribution in [0.3, 0.4) is 0 Å². The van der Waals surface area contributed by atoms with Crippen molar-refractivity contribution in [2.24, 2.45) is 5.73 Å². The molecule has 21 heavy (non-hydrogen) atoms. The molecule has 0 atom stereocenters. The third-order valence-corrected chi connectivity index (χ3v) is 5.55. The fraction of sp³-hybridized carbons (Fsp3) is 0.611. The SMILES string of the molecule is NC1(Cc2cccc(C3(C(=O)NC4CCC4)CC3)c2)CC1. The number of amides is 1. The van der Waals surface area contributed by atoms with Gasteiger partial charge in [-0.05, 0) is 62.5 Å². The fourth-order valence-corrected chi connectivity index (χ4v) is 3.37. The summed E-state index contributed by atoms with van der Waals surface area (Å²) in [7, 11) is 0. The number of rotatable bonds is 5. The van der Waals surface area contributed by atoms with Crippen molar-refractivity contribution in [3.05, 3.63) is 35.4 Å². The number of carbonyl (C=O) groups excluding carboxylic acids is 1. The maximum Gasteiger partial charge on any atom is 0.230 e. The van der Waals surface area contributed by atoms with Gasteiger partial charge in [0.25, 0.3) is 0 Å². The van der Waals surface area contributed by atoms with Crippen LogP contribution in [0.1, 0.15) is 56.1 Å². The Kier molecular flexibility index (Phi) is 2.90. The third kappa shape index (κ3) is 2.48. The number of benzene rings is 1. The second kappa shape index (κ2) is 4.57. The first kappa shape index (κ1) is 13.3. The first-order chi connectivity index (χ1) is 10.1. The minimum Gasteiger partial charge on any atom is -0.353 e. The van der Waals surface area contributed by atoms with Crippen molar-refractivity contribution in [2.45, 2.75) is 68.4 Å². The van der Waals surface area contributed by atoms with Gasteiger partial charge < -0.3 is 11.1 Å². The molecule has 112 valence electrons. The number of nitrogens with one attached hydrogen (secondary N) is 1. The van der Waals surface area contributed by atoms with Crippen molar-refractivity contribution >= 4 is 5.91 Å². The average Bonchev–Trinajstić information content (AvgIpc) is 3.31. The molecule has 0 radical (unpaired) electrons. The largest absolute Gasteiger partial charge is 0.353 e. The molecule has 0 bridgehead atoms. The molecular formula is C18H24N2O. The predicted octanol–water partition coefficient (Wildman–Crippen LogP) is 2.42. The van der Waals surface area contributed by atoms with E-state index < -0.39 is 0 Å². The van der Waals surface area contributed by atoms with Crippen LogP contribution in [0.25, 0.3) is 0 Å². The van der Waals surface area contributed by atoms with Gasteiger partial charge in [-0.15, -0.1) is 0 Å². The van der Waals surface area contributed by atoms with Gasteiger partial charge in [0, 0.05) is 11.6 Å². The summed E-state index contributed by atoms with van der Waals surface area (Å²) in [5.41, 5.74) is 8.50. The van der Waals surface area contributed by atoms with Crippen LogP contribution in [0.4, 0.5) is 0 Å². The van der Waals surface area contributed by atoms with Gasteiger partial charge in [0.05, 0.1) is 5.41 Å². The lowest BCUT2D eigenvalue weighted by molar-refractivity contribution is -0.124. The van der Waals surface area contributed by atoms with E-state index in [1.807, 2.05) is 0 Å². The lowest BCUT2D eigenvalue weighted by Gasteiger charge is -2.29. The Bertz CT molecular complexity index is 568. The Balaban J connectivity index is 1.51. The average molecular weight is 284 g/mol. The first-order valence-electron chi connectivity index (χ1n) is 8.29. The van der Waals surface area contributed by atoms with Crippen LogP contribution < -0.4 is 11.1 Å². The molecule has 0 unspecified atom stereocenters. The van der Waals surface area contributed by atoms with E-state index in [9.17, 15) is 4.79 Å². The van der Waals surface area contributed by atoms with Crippen molar-refractivity contribution in [3.63, 3.8) is 0 Å². The third-order valence-electron chi connectivity index (χ3n) is 5.55. The van der Waals surface area contributed by atoms with Gasteiger partial charge in [-0.2, -0.15) is 0 Å². The Morgan fingerprint density at radius 3 is 2.57 bits per heavy atom. The number of hydrogen-bond acceptors (Lipinski definition) is 2. The lowest BCUT2D eigenvalue weighted by Crippen LogP contribution is -2.44. The highest BCUT2D eigenvalue weighted by Gasteiger charge is 2.52. The Morgan fingerprint density at radius 1 is 1.24 bits per heavy atom. The second-order valence-corrected chi connectivity index (χ2v) is 7.42. The first-order valence-corrected chi connectivity index (χ1v) is 8.29. The maximum absolute atomic E-state index is 12.6. The van der Waals surface area contributed by atoms with Crippen LogP contribution in [0.5, 0.6) is 0 Å². The van der Waals surface area contributed by atoms with Crippen LogP contribution in [-0.4, -0.2) is 17.5 Å². The number of nitrogens with two attached hydrogens (primary N) is 1. The van der Waals surface area contributed by atoms with Crippen LogP contribution in [0, 0.1) is 0 Å². The van der Waals surface area contributed by atoms with E-state index in [0.717, 1.165) is 44.9 Å². The van der Waals surface area contributed by atoms with Crippen molar-refractivity contribution in [2.75, 3.05) is 0 Å². The molecular weight excluding hydrogens is 260 g/mol. The van der Waals surface area contributed by atoms with E-state index in [4.69, 9.17) is 5.73 Å². The lowest BCUT2D eigenvalue weighted by atomic mass is 9.89. The molecule has 1 amide bonds. The summed E-state index contributed by atoms with van der Waals surface area (Å²) in [5.74, 6) is 0.248. The molecule has 0 spiro atoms. The quantitative estimate of drug-likeness (QED) is 0.872. The van der Waals surface area contributed by atoms with Crippen molar-refractivity contribution < 1.29 is 4.79 Å². The van der Waals surface area contributed by atoms with Gasteiger partial charge in [0.1, 0.15) is 0 Å². The van der Waals surface area contributed by atoms with E-state index >= 15 is 0 Å². The Hall–Kier alpha value is -1.35.